The number of carbonyl (C=O) groups excluding carboxylic acids is 3. The van der Waals surface area contributed by atoms with E-state index in [1.54, 1.807) is 0 Å². The van der Waals surface area contributed by atoms with E-state index in [0.717, 1.165) is 13.0 Å². The number of rotatable bonds is 12. The van der Waals surface area contributed by atoms with Crippen LogP contribution < -0.4 is 27.4 Å². The smallest absolute Gasteiger partial charge is 0.326 e. The topological polar surface area (TPSA) is 192 Å². The molecule has 0 aromatic rings. The first-order chi connectivity index (χ1) is 16.1. The van der Waals surface area contributed by atoms with Crippen molar-refractivity contribution in [3.63, 3.8) is 0 Å². The van der Waals surface area contributed by atoms with Gasteiger partial charge in [-0.25, -0.2) is 4.79 Å². The van der Waals surface area contributed by atoms with Crippen molar-refractivity contribution in [3.8, 4) is 0 Å². The Morgan fingerprint density at radius 2 is 1.85 bits per heavy atom. The van der Waals surface area contributed by atoms with Gasteiger partial charge in [-0.1, -0.05) is 13.8 Å². The Hall–Kier alpha value is -2.89. The fourth-order valence-corrected chi connectivity index (χ4v) is 4.40. The van der Waals surface area contributed by atoms with E-state index >= 15 is 0 Å². The summed E-state index contributed by atoms with van der Waals surface area (Å²) in [4.78, 5) is 55.9. The van der Waals surface area contributed by atoms with Crippen LogP contribution in [0.25, 0.3) is 0 Å². The quantitative estimate of drug-likeness (QED) is 0.115. The van der Waals surface area contributed by atoms with Crippen molar-refractivity contribution >= 4 is 29.7 Å². The van der Waals surface area contributed by atoms with Crippen LogP contribution in [0.1, 0.15) is 58.8 Å². The third-order valence-electron chi connectivity index (χ3n) is 6.10. The number of nitrogens with two attached hydrogens (primary N) is 2. The minimum atomic E-state index is -1.06. The maximum Gasteiger partial charge on any atom is 0.326 e. The van der Waals surface area contributed by atoms with Gasteiger partial charge in [0.25, 0.3) is 0 Å². The van der Waals surface area contributed by atoms with Crippen molar-refractivity contribution in [2.75, 3.05) is 19.6 Å². The summed E-state index contributed by atoms with van der Waals surface area (Å²) in [6.07, 6.45) is 3.60. The Bertz CT molecular complexity index is 763. The van der Waals surface area contributed by atoms with Crippen molar-refractivity contribution < 1.29 is 24.3 Å². The number of aliphatic carboxylic acids is 1. The molecule has 0 saturated carbocycles. The van der Waals surface area contributed by atoms with E-state index in [2.05, 4.69) is 20.9 Å². The average molecular weight is 482 g/mol. The molecule has 4 atom stereocenters. The Labute approximate surface area is 200 Å². The molecule has 0 aliphatic carbocycles. The van der Waals surface area contributed by atoms with Crippen LogP contribution in [0.4, 0.5) is 0 Å². The monoisotopic (exact) mass is 481 g/mol. The molecule has 2 rings (SSSR count). The summed E-state index contributed by atoms with van der Waals surface area (Å²) in [6.45, 7) is 5.23. The summed E-state index contributed by atoms with van der Waals surface area (Å²) in [5, 5.41) is 18.2. The molecule has 2 saturated heterocycles. The number of hydrogen-bond acceptors (Lipinski definition) is 6. The summed E-state index contributed by atoms with van der Waals surface area (Å²) in [7, 11) is 0. The number of carboxylic acid groups (broad SMARTS) is 1. The highest BCUT2D eigenvalue weighted by Crippen LogP contribution is 2.20. The van der Waals surface area contributed by atoms with E-state index < -0.39 is 35.9 Å². The maximum atomic E-state index is 13.3. The molecule has 192 valence electrons. The van der Waals surface area contributed by atoms with Gasteiger partial charge in [0.15, 0.2) is 5.96 Å². The highest BCUT2D eigenvalue weighted by Gasteiger charge is 2.38. The van der Waals surface area contributed by atoms with E-state index in [1.807, 2.05) is 13.8 Å². The number of carboxylic acids is 1. The average Bonchev–Trinajstić information content (AvgIpc) is 3.46. The lowest BCUT2D eigenvalue weighted by molar-refractivity contribution is -0.149. The second-order valence-electron chi connectivity index (χ2n) is 9.38. The van der Waals surface area contributed by atoms with Crippen LogP contribution in [0.5, 0.6) is 0 Å². The molecule has 2 aliphatic rings. The molecule has 0 aromatic heterocycles. The van der Waals surface area contributed by atoms with E-state index in [0.29, 0.717) is 38.6 Å². The first kappa shape index (κ1) is 27.4. The number of guanidine groups is 1. The van der Waals surface area contributed by atoms with Crippen LogP contribution in [0.2, 0.25) is 0 Å². The molecule has 0 radical (unpaired) electrons. The highest BCUT2D eigenvalue weighted by molar-refractivity contribution is 5.94. The van der Waals surface area contributed by atoms with Crippen molar-refractivity contribution in [2.45, 2.75) is 83.0 Å². The van der Waals surface area contributed by atoms with Gasteiger partial charge in [-0.3, -0.25) is 19.4 Å². The number of aliphatic imine (C=N–C) groups is 1. The van der Waals surface area contributed by atoms with Crippen LogP contribution in [-0.4, -0.2) is 83.5 Å². The number of amides is 3. The van der Waals surface area contributed by atoms with Gasteiger partial charge in [0.2, 0.25) is 17.7 Å². The zero-order chi connectivity index (χ0) is 25.3. The summed E-state index contributed by atoms with van der Waals surface area (Å²) in [5.41, 5.74) is 10.7. The van der Waals surface area contributed by atoms with Crippen LogP contribution in [-0.2, 0) is 19.2 Å². The number of nitrogens with zero attached hydrogens (tertiary/aromatic N) is 2. The van der Waals surface area contributed by atoms with Crippen molar-refractivity contribution in [1.29, 1.82) is 0 Å². The Morgan fingerprint density at radius 1 is 1.12 bits per heavy atom. The molecule has 2 fully saturated rings. The van der Waals surface area contributed by atoms with E-state index in [1.165, 1.54) is 4.90 Å². The molecule has 0 bridgehead atoms. The number of hydrogen-bond donors (Lipinski definition) is 6. The summed E-state index contributed by atoms with van der Waals surface area (Å²) >= 11 is 0. The Balaban J connectivity index is 2.13. The summed E-state index contributed by atoms with van der Waals surface area (Å²) in [5.74, 6) is -2.16. The minimum Gasteiger partial charge on any atom is -0.480 e. The van der Waals surface area contributed by atoms with E-state index in [-0.39, 0.29) is 36.8 Å². The van der Waals surface area contributed by atoms with Gasteiger partial charge < -0.3 is 37.4 Å². The zero-order valence-corrected chi connectivity index (χ0v) is 20.1. The second kappa shape index (κ2) is 13.1. The van der Waals surface area contributed by atoms with Crippen LogP contribution in [0.3, 0.4) is 0 Å². The normalized spacial score (nSPS) is 21.7. The molecule has 2 aliphatic heterocycles. The van der Waals surface area contributed by atoms with Gasteiger partial charge >= 0.3 is 5.97 Å². The molecule has 12 heteroatoms. The third kappa shape index (κ3) is 8.15. The summed E-state index contributed by atoms with van der Waals surface area (Å²) in [6, 6.07) is -3.00. The molecule has 2 heterocycles. The predicted octanol–water partition coefficient (Wildman–Crippen LogP) is -1.12. The molecule has 8 N–H and O–H groups in total. The second-order valence-corrected chi connectivity index (χ2v) is 9.38. The van der Waals surface area contributed by atoms with Crippen LogP contribution >= 0.6 is 0 Å². The van der Waals surface area contributed by atoms with Crippen LogP contribution in [0, 0.1) is 5.92 Å². The van der Waals surface area contributed by atoms with Crippen LogP contribution in [0.15, 0.2) is 4.99 Å². The molecule has 34 heavy (non-hydrogen) atoms. The maximum absolute atomic E-state index is 13.3. The third-order valence-corrected chi connectivity index (χ3v) is 6.10. The SMILES string of the molecule is CC(C)CC(NC(=O)C1CCCN1)C(=O)NC(CCCN=C(N)N)C(=O)N1CCCC1C(=O)O. The van der Waals surface area contributed by atoms with Gasteiger partial charge in [-0.2, -0.15) is 0 Å². The van der Waals surface area contributed by atoms with Gasteiger partial charge in [0, 0.05) is 13.1 Å². The van der Waals surface area contributed by atoms with Gasteiger partial charge in [-0.15, -0.1) is 0 Å². The Morgan fingerprint density at radius 3 is 2.44 bits per heavy atom. The lowest BCUT2D eigenvalue weighted by Crippen LogP contribution is -2.57. The molecule has 0 aromatic carbocycles. The lowest BCUT2D eigenvalue weighted by atomic mass is 10.0. The van der Waals surface area contributed by atoms with Crippen molar-refractivity contribution in [1.82, 2.24) is 20.9 Å². The Kier molecular flexibility index (Phi) is 10.6. The predicted molar refractivity (Wildman–Crippen MR) is 127 cm³/mol. The number of nitrogens with one attached hydrogen (secondary N) is 3. The lowest BCUT2D eigenvalue weighted by Gasteiger charge is -2.29. The molecule has 12 nitrogen and oxygen atoms in total. The van der Waals surface area contributed by atoms with Gasteiger partial charge in [0.05, 0.1) is 6.04 Å². The fourth-order valence-electron chi connectivity index (χ4n) is 4.40. The first-order valence-electron chi connectivity index (χ1n) is 12.0. The van der Waals surface area contributed by atoms with Gasteiger partial charge in [0.1, 0.15) is 18.1 Å². The molecule has 3 amide bonds. The first-order valence-corrected chi connectivity index (χ1v) is 12.0. The fraction of sp³-hybridized carbons (Fsp3) is 0.773. The standard InChI is InChI=1S/C22H39N7O5/c1-13(2)12-16(28-18(30)14-6-3-9-25-14)19(31)27-15(7-4-10-26-22(23)24)20(32)29-11-5-8-17(29)21(33)34/h13-17,25H,3-12H2,1-2H3,(H,27,31)(H,28,30)(H,33,34)(H4,23,24,26). The molecular formula is C22H39N7O5. The van der Waals surface area contributed by atoms with Gasteiger partial charge in [-0.05, 0) is 57.4 Å². The van der Waals surface area contributed by atoms with Crippen molar-refractivity contribution in [3.05, 3.63) is 0 Å². The molecular weight excluding hydrogens is 442 g/mol. The number of carbonyl (C=O) groups is 4. The van der Waals surface area contributed by atoms with E-state index in [9.17, 15) is 24.3 Å². The van der Waals surface area contributed by atoms with Crippen molar-refractivity contribution in [2.24, 2.45) is 22.4 Å². The number of likely N-dealkylation sites (tertiary alicyclic amines) is 1. The zero-order valence-electron chi connectivity index (χ0n) is 20.1. The highest BCUT2D eigenvalue weighted by atomic mass is 16.4. The largest absolute Gasteiger partial charge is 0.480 e. The minimum absolute atomic E-state index is 0.0716. The molecule has 4 unspecified atom stereocenters. The summed E-state index contributed by atoms with van der Waals surface area (Å²) < 4.78 is 0. The molecule has 0 spiro atoms. The van der Waals surface area contributed by atoms with E-state index in [4.69, 9.17) is 11.5 Å².